The van der Waals surface area contributed by atoms with Gasteiger partial charge >= 0.3 is 0 Å². The zero-order valence-electron chi connectivity index (χ0n) is 11.1. The molecule has 1 aliphatic rings. The van der Waals surface area contributed by atoms with Gasteiger partial charge in [-0.2, -0.15) is 0 Å². The van der Waals surface area contributed by atoms with Crippen molar-refractivity contribution in [3.8, 4) is 0 Å². The second kappa shape index (κ2) is 6.02. The first-order chi connectivity index (χ1) is 9.11. The van der Waals surface area contributed by atoms with E-state index in [4.69, 9.17) is 5.11 Å². The molecule has 0 radical (unpaired) electrons. The molecule has 1 N–H and O–H groups in total. The van der Waals surface area contributed by atoms with E-state index in [2.05, 4.69) is 0 Å². The molecule has 19 heavy (non-hydrogen) atoms. The summed E-state index contributed by atoms with van der Waals surface area (Å²) in [5, 5.41) is 8.75. The Morgan fingerprint density at radius 3 is 2.58 bits per heavy atom. The van der Waals surface area contributed by atoms with E-state index in [1.807, 2.05) is 17.9 Å². The third-order valence-electron chi connectivity index (χ3n) is 3.40. The molecule has 1 amide bonds. The molecule has 1 aromatic carbocycles. The molecule has 0 aromatic heterocycles. The number of anilines is 1. The molecule has 1 aromatic rings. The Morgan fingerprint density at radius 1 is 1.32 bits per heavy atom. The minimum absolute atomic E-state index is 0.0356. The maximum absolute atomic E-state index is 13.9. The number of hydrogen-bond acceptors (Lipinski definition) is 3. The van der Waals surface area contributed by atoms with E-state index in [1.54, 1.807) is 11.0 Å². The van der Waals surface area contributed by atoms with Crippen molar-refractivity contribution in [1.82, 2.24) is 4.90 Å². The summed E-state index contributed by atoms with van der Waals surface area (Å²) in [7, 11) is 0. The maximum atomic E-state index is 13.9. The Hall–Kier alpha value is -1.62. The number of halogens is 1. The average molecular weight is 266 g/mol. The molecule has 1 aliphatic heterocycles. The van der Waals surface area contributed by atoms with Crippen LogP contribution in [-0.4, -0.2) is 48.7 Å². The molecule has 1 heterocycles. The number of hydrogen-bond donors (Lipinski definition) is 1. The second-order valence-electron chi connectivity index (χ2n) is 4.80. The number of rotatable bonds is 3. The molecule has 1 saturated heterocycles. The van der Waals surface area contributed by atoms with Crippen molar-refractivity contribution in [2.75, 3.05) is 37.7 Å². The predicted molar refractivity (Wildman–Crippen MR) is 71.6 cm³/mol. The van der Waals surface area contributed by atoms with Crippen LogP contribution < -0.4 is 4.90 Å². The van der Waals surface area contributed by atoms with Gasteiger partial charge in [-0.25, -0.2) is 4.39 Å². The van der Waals surface area contributed by atoms with Gasteiger partial charge in [-0.1, -0.05) is 6.07 Å². The van der Waals surface area contributed by atoms with Crippen LogP contribution in [0, 0.1) is 12.7 Å². The number of carbonyl (C=O) groups is 1. The molecular formula is C14H19FN2O2. The minimum Gasteiger partial charge on any atom is -0.396 e. The maximum Gasteiger partial charge on any atom is 0.225 e. The van der Waals surface area contributed by atoms with Crippen molar-refractivity contribution in [3.63, 3.8) is 0 Å². The molecule has 2 rings (SSSR count). The van der Waals surface area contributed by atoms with Crippen molar-refractivity contribution >= 4 is 11.6 Å². The fourth-order valence-corrected chi connectivity index (χ4v) is 2.32. The summed E-state index contributed by atoms with van der Waals surface area (Å²) in [5.74, 6) is -0.248. The number of aliphatic hydroxyl groups excluding tert-OH is 1. The lowest BCUT2D eigenvalue weighted by atomic mass is 10.2. The summed E-state index contributed by atoms with van der Waals surface area (Å²) in [6, 6.07) is 5.20. The van der Waals surface area contributed by atoms with Crippen molar-refractivity contribution in [2.24, 2.45) is 0 Å². The molecule has 0 atom stereocenters. The van der Waals surface area contributed by atoms with Crippen LogP contribution in [0.15, 0.2) is 18.2 Å². The van der Waals surface area contributed by atoms with Crippen LogP contribution in [0.1, 0.15) is 12.0 Å². The number of aryl methyl sites for hydroxylation is 1. The van der Waals surface area contributed by atoms with Crippen molar-refractivity contribution in [2.45, 2.75) is 13.3 Å². The minimum atomic E-state index is -0.213. The van der Waals surface area contributed by atoms with Crippen molar-refractivity contribution in [1.29, 1.82) is 0 Å². The van der Waals surface area contributed by atoms with Crippen molar-refractivity contribution in [3.05, 3.63) is 29.6 Å². The fourth-order valence-electron chi connectivity index (χ4n) is 2.32. The second-order valence-corrected chi connectivity index (χ2v) is 4.80. The summed E-state index contributed by atoms with van der Waals surface area (Å²) in [5.41, 5.74) is 1.50. The van der Waals surface area contributed by atoms with Gasteiger partial charge < -0.3 is 14.9 Å². The van der Waals surface area contributed by atoms with E-state index in [0.29, 0.717) is 31.9 Å². The third kappa shape index (κ3) is 3.23. The molecule has 1 fully saturated rings. The van der Waals surface area contributed by atoms with E-state index in [9.17, 15) is 9.18 Å². The van der Waals surface area contributed by atoms with E-state index >= 15 is 0 Å². The molecule has 5 heteroatoms. The standard InChI is InChI=1S/C14H19FN2O2/c1-11-2-3-13(12(15)10-11)16-5-7-17(8-6-16)14(19)4-9-18/h2-3,10,18H,4-9H2,1H3. The lowest BCUT2D eigenvalue weighted by Gasteiger charge is -2.36. The Morgan fingerprint density at radius 2 is 2.00 bits per heavy atom. The van der Waals surface area contributed by atoms with E-state index in [0.717, 1.165) is 5.56 Å². The number of piperazine rings is 1. The van der Waals surface area contributed by atoms with Crippen LogP contribution in [-0.2, 0) is 4.79 Å². The van der Waals surface area contributed by atoms with E-state index in [-0.39, 0.29) is 24.8 Å². The van der Waals surface area contributed by atoms with Gasteiger partial charge in [0.2, 0.25) is 5.91 Å². The van der Waals surface area contributed by atoms with Crippen LogP contribution in [0.3, 0.4) is 0 Å². The number of aliphatic hydroxyl groups is 1. The largest absolute Gasteiger partial charge is 0.396 e. The molecule has 0 bridgehead atoms. The summed E-state index contributed by atoms with van der Waals surface area (Å²) in [4.78, 5) is 15.3. The molecule has 0 saturated carbocycles. The van der Waals surface area contributed by atoms with E-state index < -0.39 is 0 Å². The zero-order chi connectivity index (χ0) is 13.8. The monoisotopic (exact) mass is 266 g/mol. The van der Waals surface area contributed by atoms with Gasteiger partial charge in [-0.3, -0.25) is 4.79 Å². The first-order valence-corrected chi connectivity index (χ1v) is 6.51. The molecule has 104 valence electrons. The molecule has 0 aliphatic carbocycles. The first-order valence-electron chi connectivity index (χ1n) is 6.51. The number of benzene rings is 1. The highest BCUT2D eigenvalue weighted by molar-refractivity contribution is 5.76. The summed E-state index contributed by atoms with van der Waals surface area (Å²) < 4.78 is 13.9. The Kier molecular flexibility index (Phi) is 4.37. The van der Waals surface area contributed by atoms with Gasteiger partial charge in [-0.05, 0) is 24.6 Å². The quantitative estimate of drug-likeness (QED) is 0.893. The number of carbonyl (C=O) groups excluding carboxylic acids is 1. The van der Waals surface area contributed by atoms with Crippen LogP contribution in [0.4, 0.5) is 10.1 Å². The lowest BCUT2D eigenvalue weighted by Crippen LogP contribution is -2.49. The van der Waals surface area contributed by atoms with Gasteiger partial charge in [0.25, 0.3) is 0 Å². The van der Waals surface area contributed by atoms with Crippen LogP contribution >= 0.6 is 0 Å². The van der Waals surface area contributed by atoms with Gasteiger partial charge in [0.15, 0.2) is 0 Å². The fraction of sp³-hybridized carbons (Fsp3) is 0.500. The highest BCUT2D eigenvalue weighted by atomic mass is 19.1. The normalized spacial score (nSPS) is 15.7. The third-order valence-corrected chi connectivity index (χ3v) is 3.40. The summed E-state index contributed by atoms with van der Waals surface area (Å²) in [6.45, 7) is 4.14. The Labute approximate surface area is 112 Å². The summed E-state index contributed by atoms with van der Waals surface area (Å²) in [6.07, 6.45) is 0.166. The van der Waals surface area contributed by atoms with Gasteiger partial charge in [-0.15, -0.1) is 0 Å². The first kappa shape index (κ1) is 13.8. The van der Waals surface area contributed by atoms with E-state index in [1.165, 1.54) is 6.07 Å². The number of amides is 1. The van der Waals surface area contributed by atoms with Crippen LogP contribution in [0.2, 0.25) is 0 Å². The summed E-state index contributed by atoms with van der Waals surface area (Å²) >= 11 is 0. The lowest BCUT2D eigenvalue weighted by molar-refractivity contribution is -0.132. The molecule has 0 unspecified atom stereocenters. The van der Waals surface area contributed by atoms with Gasteiger partial charge in [0, 0.05) is 32.6 Å². The highest BCUT2D eigenvalue weighted by Crippen LogP contribution is 2.21. The number of nitrogens with zero attached hydrogens (tertiary/aromatic N) is 2. The zero-order valence-corrected chi connectivity index (χ0v) is 11.1. The highest BCUT2D eigenvalue weighted by Gasteiger charge is 2.22. The average Bonchev–Trinajstić information content (AvgIpc) is 2.39. The van der Waals surface area contributed by atoms with Gasteiger partial charge in [0.1, 0.15) is 5.82 Å². The molecular weight excluding hydrogens is 247 g/mol. The van der Waals surface area contributed by atoms with Crippen molar-refractivity contribution < 1.29 is 14.3 Å². The Bertz CT molecular complexity index is 457. The van der Waals surface area contributed by atoms with Crippen LogP contribution in [0.5, 0.6) is 0 Å². The SMILES string of the molecule is Cc1ccc(N2CCN(C(=O)CCO)CC2)c(F)c1. The molecule has 4 nitrogen and oxygen atoms in total. The molecule has 0 spiro atoms. The van der Waals surface area contributed by atoms with Crippen LogP contribution in [0.25, 0.3) is 0 Å². The topological polar surface area (TPSA) is 43.8 Å². The van der Waals surface area contributed by atoms with Gasteiger partial charge in [0.05, 0.1) is 12.3 Å². The smallest absolute Gasteiger partial charge is 0.225 e. The Balaban J connectivity index is 1.98. The predicted octanol–water partition coefficient (Wildman–Crippen LogP) is 1.17.